The minimum atomic E-state index is -0.414. The average molecular weight is 267 g/mol. The third-order valence-corrected chi connectivity index (χ3v) is 4.43. The Morgan fingerprint density at radius 1 is 1.42 bits per heavy atom. The van der Waals surface area contributed by atoms with Crippen molar-refractivity contribution in [3.63, 3.8) is 0 Å². The molecule has 0 saturated carbocycles. The van der Waals surface area contributed by atoms with Gasteiger partial charge in [-0.2, -0.15) is 0 Å². The van der Waals surface area contributed by atoms with E-state index >= 15 is 0 Å². The van der Waals surface area contributed by atoms with Gasteiger partial charge in [-0.05, 0) is 18.9 Å². The second-order valence-corrected chi connectivity index (χ2v) is 5.17. The second-order valence-electron chi connectivity index (χ2n) is 5.17. The van der Waals surface area contributed by atoms with Gasteiger partial charge in [0.2, 0.25) is 5.91 Å². The summed E-state index contributed by atoms with van der Waals surface area (Å²) in [5, 5.41) is 0. The highest BCUT2D eigenvalue weighted by atomic mass is 16.5. The van der Waals surface area contributed by atoms with Crippen molar-refractivity contribution in [3.05, 3.63) is 11.3 Å². The van der Waals surface area contributed by atoms with E-state index in [2.05, 4.69) is 6.92 Å². The molecule has 2 heterocycles. The number of carbonyl (C=O) groups is 2. The molecule has 0 bridgehead atoms. The normalized spacial score (nSPS) is 31.1. The first-order valence-corrected chi connectivity index (χ1v) is 6.66. The lowest BCUT2D eigenvalue weighted by atomic mass is 9.77. The first-order valence-electron chi connectivity index (χ1n) is 6.66. The fourth-order valence-electron chi connectivity index (χ4n) is 3.34. The van der Waals surface area contributed by atoms with Crippen molar-refractivity contribution in [2.45, 2.75) is 39.3 Å². The van der Waals surface area contributed by atoms with E-state index < -0.39 is 5.97 Å². The lowest BCUT2D eigenvalue weighted by Crippen LogP contribution is -2.63. The fraction of sp³-hybridized carbons (Fsp3) is 0.714. The predicted octanol–water partition coefficient (Wildman–Crippen LogP) is 1.34. The van der Waals surface area contributed by atoms with Gasteiger partial charge in [0.15, 0.2) is 0 Å². The molecule has 1 amide bonds. The Labute approximate surface area is 113 Å². The Hall–Kier alpha value is -1.36. The molecule has 0 aromatic carbocycles. The van der Waals surface area contributed by atoms with E-state index in [1.807, 2.05) is 13.8 Å². The minimum absolute atomic E-state index is 0.0324. The topological polar surface area (TPSA) is 55.8 Å². The van der Waals surface area contributed by atoms with Crippen LogP contribution in [0.3, 0.4) is 0 Å². The zero-order valence-corrected chi connectivity index (χ0v) is 12.1. The molecule has 19 heavy (non-hydrogen) atoms. The van der Waals surface area contributed by atoms with E-state index in [-0.39, 0.29) is 29.9 Å². The SMILES string of the molecule is CCC1=C(C(=O)OC)N2C(=O)C(C(C)OC)C2C1C. The molecule has 106 valence electrons. The van der Waals surface area contributed by atoms with E-state index in [1.54, 1.807) is 12.0 Å². The van der Waals surface area contributed by atoms with Crippen molar-refractivity contribution < 1.29 is 19.1 Å². The molecule has 4 atom stereocenters. The number of carbonyl (C=O) groups excluding carboxylic acids is 2. The summed E-state index contributed by atoms with van der Waals surface area (Å²) in [7, 11) is 2.95. The summed E-state index contributed by atoms with van der Waals surface area (Å²) >= 11 is 0. The van der Waals surface area contributed by atoms with Crippen molar-refractivity contribution in [1.82, 2.24) is 4.90 Å². The molecule has 0 N–H and O–H groups in total. The maximum absolute atomic E-state index is 12.3. The van der Waals surface area contributed by atoms with Gasteiger partial charge in [-0.25, -0.2) is 4.79 Å². The second kappa shape index (κ2) is 4.96. The van der Waals surface area contributed by atoms with E-state index in [4.69, 9.17) is 9.47 Å². The molecule has 2 aliphatic heterocycles. The maximum atomic E-state index is 12.3. The van der Waals surface area contributed by atoms with Gasteiger partial charge in [0.1, 0.15) is 5.70 Å². The molecule has 0 radical (unpaired) electrons. The molecule has 2 rings (SSSR count). The molecular formula is C14H21NO4. The van der Waals surface area contributed by atoms with Crippen LogP contribution in [0.2, 0.25) is 0 Å². The lowest BCUT2D eigenvalue weighted by molar-refractivity contribution is -0.165. The third kappa shape index (κ3) is 1.79. The van der Waals surface area contributed by atoms with E-state index in [0.29, 0.717) is 5.70 Å². The Balaban J connectivity index is 2.35. The standard InChI is InChI=1S/C14H21NO4/c1-6-9-7(2)11-10(8(3)18-4)13(16)15(11)12(9)14(17)19-5/h7-8,10-11H,6H2,1-5H3. The summed E-state index contributed by atoms with van der Waals surface area (Å²) in [6.07, 6.45) is 0.617. The number of ether oxygens (including phenoxy) is 2. The molecule has 5 heteroatoms. The van der Waals surface area contributed by atoms with Crippen LogP contribution in [0.5, 0.6) is 0 Å². The van der Waals surface area contributed by atoms with E-state index in [1.165, 1.54) is 7.11 Å². The first-order chi connectivity index (χ1) is 8.99. The number of nitrogens with zero attached hydrogens (tertiary/aromatic N) is 1. The Kier molecular flexibility index (Phi) is 3.67. The lowest BCUT2D eigenvalue weighted by Gasteiger charge is -2.47. The van der Waals surface area contributed by atoms with Crippen LogP contribution in [0.4, 0.5) is 0 Å². The molecular weight excluding hydrogens is 246 g/mol. The van der Waals surface area contributed by atoms with Crippen molar-refractivity contribution >= 4 is 11.9 Å². The van der Waals surface area contributed by atoms with Crippen LogP contribution in [0.25, 0.3) is 0 Å². The largest absolute Gasteiger partial charge is 0.464 e. The molecule has 0 aromatic rings. The van der Waals surface area contributed by atoms with E-state index in [0.717, 1.165) is 12.0 Å². The molecule has 0 aromatic heterocycles. The van der Waals surface area contributed by atoms with E-state index in [9.17, 15) is 9.59 Å². The first kappa shape index (κ1) is 14.1. The van der Waals surface area contributed by atoms with Gasteiger partial charge in [0, 0.05) is 13.0 Å². The van der Waals surface area contributed by atoms with Crippen LogP contribution < -0.4 is 0 Å². The molecule has 5 nitrogen and oxygen atoms in total. The number of hydrogen-bond donors (Lipinski definition) is 0. The predicted molar refractivity (Wildman–Crippen MR) is 69.1 cm³/mol. The van der Waals surface area contributed by atoms with Crippen LogP contribution in [0.15, 0.2) is 11.3 Å². The monoisotopic (exact) mass is 267 g/mol. The molecule has 4 unspecified atom stereocenters. The summed E-state index contributed by atoms with van der Waals surface area (Å²) in [5.41, 5.74) is 1.46. The maximum Gasteiger partial charge on any atom is 0.354 e. The number of amides is 1. The summed E-state index contributed by atoms with van der Waals surface area (Å²) in [5.74, 6) is -0.429. The van der Waals surface area contributed by atoms with Gasteiger partial charge >= 0.3 is 5.97 Å². The Morgan fingerprint density at radius 2 is 2.05 bits per heavy atom. The van der Waals surface area contributed by atoms with Crippen LogP contribution in [0.1, 0.15) is 27.2 Å². The van der Waals surface area contributed by atoms with Crippen molar-refractivity contribution in [2.24, 2.45) is 11.8 Å². The van der Waals surface area contributed by atoms with Gasteiger partial charge in [0.25, 0.3) is 0 Å². The molecule has 0 spiro atoms. The summed E-state index contributed by atoms with van der Waals surface area (Å²) in [6, 6.07) is 0.0338. The Bertz CT molecular complexity index is 443. The number of hydrogen-bond acceptors (Lipinski definition) is 4. The van der Waals surface area contributed by atoms with Crippen LogP contribution in [-0.4, -0.2) is 43.1 Å². The highest BCUT2D eigenvalue weighted by molar-refractivity contribution is 6.00. The summed E-state index contributed by atoms with van der Waals surface area (Å²) < 4.78 is 10.1. The third-order valence-electron chi connectivity index (χ3n) is 4.43. The van der Waals surface area contributed by atoms with Crippen molar-refractivity contribution in [3.8, 4) is 0 Å². The highest BCUT2D eigenvalue weighted by Crippen LogP contribution is 2.48. The zero-order valence-electron chi connectivity index (χ0n) is 12.1. The smallest absolute Gasteiger partial charge is 0.354 e. The molecule has 0 aliphatic carbocycles. The number of esters is 1. The van der Waals surface area contributed by atoms with Gasteiger partial charge in [-0.1, -0.05) is 13.8 Å². The van der Waals surface area contributed by atoms with Gasteiger partial charge < -0.3 is 14.4 Å². The van der Waals surface area contributed by atoms with Gasteiger partial charge in [-0.15, -0.1) is 0 Å². The highest BCUT2D eigenvalue weighted by Gasteiger charge is 2.59. The molecule has 1 saturated heterocycles. The minimum Gasteiger partial charge on any atom is -0.464 e. The number of β-lactam (4-membered cyclic amide) rings is 1. The number of methoxy groups -OCH3 is 2. The summed E-state index contributed by atoms with van der Waals surface area (Å²) in [4.78, 5) is 25.8. The van der Waals surface area contributed by atoms with Crippen LogP contribution >= 0.6 is 0 Å². The number of fused-ring (bicyclic) bond motifs is 1. The van der Waals surface area contributed by atoms with Crippen LogP contribution in [0, 0.1) is 11.8 Å². The number of rotatable bonds is 4. The van der Waals surface area contributed by atoms with Crippen molar-refractivity contribution in [1.29, 1.82) is 0 Å². The zero-order chi connectivity index (χ0) is 14.3. The van der Waals surface area contributed by atoms with Crippen molar-refractivity contribution in [2.75, 3.05) is 14.2 Å². The Morgan fingerprint density at radius 3 is 2.53 bits per heavy atom. The average Bonchev–Trinajstić information content (AvgIpc) is 2.66. The van der Waals surface area contributed by atoms with Gasteiger partial charge in [-0.3, -0.25) is 4.79 Å². The molecule has 1 fully saturated rings. The van der Waals surface area contributed by atoms with Crippen LogP contribution in [-0.2, 0) is 19.1 Å². The van der Waals surface area contributed by atoms with Gasteiger partial charge in [0.05, 0.1) is 25.2 Å². The summed E-state index contributed by atoms with van der Waals surface area (Å²) in [6.45, 7) is 5.96. The quantitative estimate of drug-likeness (QED) is 0.569. The molecule has 2 aliphatic rings. The fourth-order valence-corrected chi connectivity index (χ4v) is 3.34.